The Balaban J connectivity index is 1.16. The number of ether oxygens (including phenoxy) is 4. The highest BCUT2D eigenvalue weighted by Gasteiger charge is 2.56. The summed E-state index contributed by atoms with van der Waals surface area (Å²) in [5, 5.41) is 22.7. The molecule has 0 unspecified atom stereocenters. The van der Waals surface area contributed by atoms with E-state index in [0.29, 0.717) is 42.6 Å². The number of hydrogen-bond acceptors (Lipinski definition) is 11. The van der Waals surface area contributed by atoms with Gasteiger partial charge in [0.15, 0.2) is 5.82 Å². The van der Waals surface area contributed by atoms with Crippen molar-refractivity contribution in [3.8, 4) is 41.2 Å². The fourth-order valence-electron chi connectivity index (χ4n) is 10.0. The second-order valence-corrected chi connectivity index (χ2v) is 16.4. The van der Waals surface area contributed by atoms with Crippen LogP contribution in [0.25, 0.3) is 32.9 Å². The van der Waals surface area contributed by atoms with Crippen molar-refractivity contribution in [2.45, 2.75) is 69.6 Å². The number of piperidine rings is 1. The first-order valence-electron chi connectivity index (χ1n) is 18.9. The molecule has 0 radical (unpaired) electrons. The Kier molecular flexibility index (Phi) is 8.61. The molecule has 0 amide bonds. The minimum absolute atomic E-state index is 0.00424. The number of anilines is 1. The number of methoxy groups -OCH3 is 1. The largest absolute Gasteiger partial charge is 0.508 e. The number of aliphatic hydroxyl groups is 1. The highest BCUT2D eigenvalue weighted by Crippen LogP contribution is 2.55. The van der Waals surface area contributed by atoms with Gasteiger partial charge in [-0.3, -0.25) is 4.90 Å². The van der Waals surface area contributed by atoms with E-state index in [1.807, 2.05) is 4.90 Å². The van der Waals surface area contributed by atoms with Crippen LogP contribution in [0.15, 0.2) is 24.3 Å². The third-order valence-corrected chi connectivity index (χ3v) is 12.6. The first-order valence-corrected chi connectivity index (χ1v) is 18.9. The average molecular weight is 742 g/mol. The maximum absolute atomic E-state index is 17.3. The number of hydrogen-bond donors (Lipinski definition) is 2. The molecule has 1 spiro atoms. The van der Waals surface area contributed by atoms with E-state index in [2.05, 4.69) is 15.8 Å². The van der Waals surface area contributed by atoms with Gasteiger partial charge in [0.1, 0.15) is 39.6 Å². The van der Waals surface area contributed by atoms with E-state index in [9.17, 15) is 10.2 Å². The Hall–Kier alpha value is -4.35. The quantitative estimate of drug-likeness (QED) is 0.230. The highest BCUT2D eigenvalue weighted by molar-refractivity contribution is 6.04. The third-order valence-electron chi connectivity index (χ3n) is 12.6. The van der Waals surface area contributed by atoms with Crippen LogP contribution in [0.2, 0.25) is 0 Å². The van der Waals surface area contributed by atoms with Crippen LogP contribution in [-0.4, -0.2) is 108 Å². The Morgan fingerprint density at radius 2 is 1.85 bits per heavy atom. The molecular weight excluding hydrogens is 696 g/mol. The summed E-state index contributed by atoms with van der Waals surface area (Å²) in [6, 6.07) is 6.34. The van der Waals surface area contributed by atoms with Crippen molar-refractivity contribution in [3.05, 3.63) is 41.5 Å². The predicted molar refractivity (Wildman–Crippen MR) is 198 cm³/mol. The monoisotopic (exact) mass is 741 g/mol. The number of aromatic nitrogens is 3. The molecule has 3 atom stereocenters. The lowest BCUT2D eigenvalue weighted by Gasteiger charge is -2.60. The van der Waals surface area contributed by atoms with Crippen LogP contribution in [0.3, 0.4) is 0 Å². The molecule has 54 heavy (non-hydrogen) atoms. The van der Waals surface area contributed by atoms with Crippen LogP contribution >= 0.6 is 0 Å². The number of halogens is 2. The SMILES string of the molecule is C#Cc1c(F)ccc2cc(O)cc(-c3nc(OC)c4c(N5CCOC[C@@](C)(O)C5)nc(OC[C@]56CCC[C@H]5N(C5CC7(COC7)C5)CCC6)nc4c3F)c12. The molecule has 0 bridgehead atoms. The highest BCUT2D eigenvalue weighted by atomic mass is 19.1. The molecule has 2 N–H and O–H groups in total. The second-order valence-electron chi connectivity index (χ2n) is 16.4. The van der Waals surface area contributed by atoms with Crippen LogP contribution in [0.5, 0.6) is 17.6 Å². The summed E-state index contributed by atoms with van der Waals surface area (Å²) in [4.78, 5) is 18.7. The molecular formula is C41H45F2N5O6. The number of aromatic hydroxyl groups is 1. The lowest BCUT2D eigenvalue weighted by molar-refractivity contribution is -0.196. The summed E-state index contributed by atoms with van der Waals surface area (Å²) in [6.07, 6.45) is 13.5. The molecule has 2 saturated carbocycles. The van der Waals surface area contributed by atoms with Crippen molar-refractivity contribution >= 4 is 27.5 Å². The van der Waals surface area contributed by atoms with Crippen LogP contribution < -0.4 is 14.4 Å². The second kappa shape index (κ2) is 13.2. The van der Waals surface area contributed by atoms with E-state index in [4.69, 9.17) is 35.3 Å². The summed E-state index contributed by atoms with van der Waals surface area (Å²) >= 11 is 0. The van der Waals surface area contributed by atoms with Crippen molar-refractivity contribution in [2.75, 3.05) is 64.7 Å². The number of β-amino-alcohol motifs (C(OH)–C–C–N with tert-alkyl or cyclic N) is 1. The standard InChI is InChI=1S/C41H45F2N5O6/c1-4-27-29(42)9-8-24-15-26(49)16-28(31(24)27)34-33(43)35-32(37(44-34)51-3)36(47-13-14-52-20-39(2,50)19-47)46-38(45-35)54-23-41-10-5-7-30(41)48(12-6-11-41)25-17-40(18-25)21-53-22-40/h1,8-9,15-16,25,30,49-50H,5-7,10-14,17-23H2,2-3H3/t30-,39+,41-/m1/s1. The lowest BCUT2D eigenvalue weighted by Crippen LogP contribution is -2.64. The predicted octanol–water partition coefficient (Wildman–Crippen LogP) is 5.60. The average Bonchev–Trinajstić information content (AvgIpc) is 3.47. The van der Waals surface area contributed by atoms with Crippen LogP contribution in [-0.2, 0) is 9.47 Å². The molecule has 11 nitrogen and oxygen atoms in total. The van der Waals surface area contributed by atoms with E-state index >= 15 is 8.78 Å². The van der Waals surface area contributed by atoms with E-state index in [-0.39, 0.29) is 75.1 Å². The van der Waals surface area contributed by atoms with Crippen molar-refractivity contribution < 1.29 is 37.9 Å². The summed E-state index contributed by atoms with van der Waals surface area (Å²) in [5.41, 5.74) is -1.35. The molecule has 2 aliphatic carbocycles. The molecule has 2 aromatic heterocycles. The van der Waals surface area contributed by atoms with Gasteiger partial charge >= 0.3 is 6.01 Å². The number of phenols is 1. The number of phenolic OH excluding ortho intramolecular Hbond substituents is 1. The van der Waals surface area contributed by atoms with Gasteiger partial charge in [0.2, 0.25) is 5.88 Å². The Bertz CT molecular complexity index is 2180. The van der Waals surface area contributed by atoms with Gasteiger partial charge in [0, 0.05) is 40.4 Å². The van der Waals surface area contributed by atoms with E-state index in [1.165, 1.54) is 44.2 Å². The maximum Gasteiger partial charge on any atom is 0.319 e. The van der Waals surface area contributed by atoms with Gasteiger partial charge in [-0.25, -0.2) is 13.8 Å². The fourth-order valence-corrected chi connectivity index (χ4v) is 10.0. The minimum atomic E-state index is -1.24. The van der Waals surface area contributed by atoms with Crippen LogP contribution in [0, 0.1) is 34.8 Å². The Morgan fingerprint density at radius 3 is 2.61 bits per heavy atom. The summed E-state index contributed by atoms with van der Waals surface area (Å²) in [6.45, 7) is 5.74. The Morgan fingerprint density at radius 1 is 1.04 bits per heavy atom. The van der Waals surface area contributed by atoms with Gasteiger partial charge in [-0.2, -0.15) is 9.97 Å². The molecule has 284 valence electrons. The molecule has 3 saturated heterocycles. The van der Waals surface area contributed by atoms with Crippen molar-refractivity contribution in [1.29, 1.82) is 0 Å². The number of pyridine rings is 1. The molecule has 13 heteroatoms. The first kappa shape index (κ1) is 35.4. The zero-order valence-corrected chi connectivity index (χ0v) is 30.7. The van der Waals surface area contributed by atoms with Gasteiger partial charge in [0.25, 0.3) is 0 Å². The summed E-state index contributed by atoms with van der Waals surface area (Å²) in [5.74, 6) is 0.958. The molecule has 5 heterocycles. The number of terminal acetylenes is 1. The van der Waals surface area contributed by atoms with Gasteiger partial charge in [-0.05, 0) is 75.6 Å². The van der Waals surface area contributed by atoms with Gasteiger partial charge in [0.05, 0.1) is 52.3 Å². The van der Waals surface area contributed by atoms with E-state index in [1.54, 1.807) is 6.92 Å². The minimum Gasteiger partial charge on any atom is -0.508 e. The molecule has 5 aliphatic rings. The maximum atomic E-state index is 17.3. The Labute approximate surface area is 312 Å². The zero-order chi connectivity index (χ0) is 37.4. The number of fused-ring (bicyclic) bond motifs is 3. The van der Waals surface area contributed by atoms with E-state index < -0.39 is 17.2 Å². The molecule has 4 aromatic rings. The molecule has 2 aromatic carbocycles. The fraction of sp³-hybridized carbons (Fsp3) is 0.537. The number of rotatable bonds is 7. The molecule has 9 rings (SSSR count). The van der Waals surface area contributed by atoms with Crippen molar-refractivity contribution in [3.63, 3.8) is 0 Å². The number of benzene rings is 2. The van der Waals surface area contributed by atoms with Gasteiger partial charge in [-0.1, -0.05) is 18.4 Å². The summed E-state index contributed by atoms with van der Waals surface area (Å²) in [7, 11) is 1.41. The number of likely N-dealkylation sites (tertiary alicyclic amines) is 1. The summed E-state index contributed by atoms with van der Waals surface area (Å²) < 4.78 is 56.1. The van der Waals surface area contributed by atoms with E-state index in [0.717, 1.165) is 51.9 Å². The lowest BCUT2D eigenvalue weighted by atomic mass is 9.62. The topological polar surface area (TPSA) is 123 Å². The molecule has 3 aliphatic heterocycles. The van der Waals surface area contributed by atoms with Crippen molar-refractivity contribution in [2.24, 2.45) is 10.8 Å². The molecule has 5 fully saturated rings. The van der Waals surface area contributed by atoms with Crippen LogP contribution in [0.1, 0.15) is 57.4 Å². The van der Waals surface area contributed by atoms with Crippen molar-refractivity contribution in [1.82, 2.24) is 19.9 Å². The third kappa shape index (κ3) is 5.81. The number of nitrogens with zero attached hydrogens (tertiary/aromatic N) is 5. The van der Waals surface area contributed by atoms with Crippen LogP contribution in [0.4, 0.5) is 14.6 Å². The van der Waals surface area contributed by atoms with Gasteiger partial charge < -0.3 is 34.1 Å². The van der Waals surface area contributed by atoms with Gasteiger partial charge in [-0.15, -0.1) is 6.42 Å². The zero-order valence-electron chi connectivity index (χ0n) is 30.7. The normalized spacial score (nSPS) is 27.0. The smallest absolute Gasteiger partial charge is 0.319 e. The first-order chi connectivity index (χ1) is 26.0.